The molecule has 0 aliphatic carbocycles. The van der Waals surface area contributed by atoms with Crippen molar-refractivity contribution in [3.8, 4) is 0 Å². The average Bonchev–Trinajstić information content (AvgIpc) is 0.918. The van der Waals surface area contributed by atoms with E-state index >= 15 is 0 Å². The third kappa shape index (κ3) is 29.1. The van der Waals surface area contributed by atoms with Crippen molar-refractivity contribution < 1.29 is 14.8 Å². The molecule has 0 aliphatic rings. The van der Waals surface area contributed by atoms with Crippen molar-refractivity contribution in [3.63, 3.8) is 0 Å². The first-order chi connectivity index (χ1) is 1.41. The maximum absolute atomic E-state index is 7.00. The Morgan fingerprint density at radius 3 is 1.20 bits per heavy atom. The van der Waals surface area contributed by atoms with Crippen molar-refractivity contribution in [2.45, 2.75) is 0 Å². The number of hydrogen-bond acceptors (Lipinski definition) is 2. The molecule has 0 heterocycles. The molecule has 0 aromatic heterocycles. The van der Waals surface area contributed by atoms with Gasteiger partial charge in [0.15, 0.2) is 0 Å². The van der Waals surface area contributed by atoms with Gasteiger partial charge in [0.25, 0.3) is 0 Å². The van der Waals surface area contributed by atoms with Gasteiger partial charge in [-0.1, -0.05) is 0 Å². The van der Waals surface area contributed by atoms with Crippen LogP contribution in [-0.2, 0) is 0 Å². The van der Waals surface area contributed by atoms with Crippen molar-refractivity contribution >= 4 is 59.1 Å². The fraction of sp³-hybridized carbons (Fsp3) is 0. The second-order valence-electron chi connectivity index (χ2n) is 0.115. The van der Waals surface area contributed by atoms with Crippen molar-refractivity contribution in [2.75, 3.05) is 0 Å². The minimum absolute atomic E-state index is 0. The maximum Gasteiger partial charge on any atom is 0.482 e. The summed E-state index contributed by atoms with van der Waals surface area (Å²) in [7, 11) is 0. The maximum atomic E-state index is 7.00. The van der Waals surface area contributed by atoms with Gasteiger partial charge in [0.1, 0.15) is 0 Å². The molecule has 0 unspecified atom stereocenters. The fourth-order valence-corrected chi connectivity index (χ4v) is 0. The molecule has 0 rings (SSSR count). The zero-order valence-electron chi connectivity index (χ0n) is 2.88. The molecule has 0 atom stereocenters. The topological polar surface area (TPSA) is 40.5 Å². The number of halogens is 1. The summed E-state index contributed by atoms with van der Waals surface area (Å²) in [5, 5.41) is 14.0. The van der Waals surface area contributed by atoms with E-state index in [1.165, 1.54) is 0 Å². The molecule has 0 spiro atoms. The third-order valence-electron chi connectivity index (χ3n) is 0. The molecule has 0 saturated heterocycles. The van der Waals surface area contributed by atoms with Crippen LogP contribution in [0.25, 0.3) is 0 Å². The smallest absolute Gasteiger partial charge is 0.429 e. The summed E-state index contributed by atoms with van der Waals surface area (Å²) in [5.41, 5.74) is 0. The van der Waals surface area contributed by atoms with Gasteiger partial charge in [-0.25, -0.2) is 0 Å². The Kier molecular flexibility index (Phi) is 56.6. The predicted octanol–water partition coefficient (Wildman–Crippen LogP) is -1.72. The van der Waals surface area contributed by atoms with E-state index in [1.807, 2.05) is 0 Å². The molecule has 0 aliphatic heterocycles. The van der Waals surface area contributed by atoms with Crippen LogP contribution in [0.3, 0.4) is 0 Å². The van der Waals surface area contributed by atoms with E-state index in [2.05, 4.69) is 0 Å². The van der Waals surface area contributed by atoms with Crippen LogP contribution in [0.1, 0.15) is 0 Å². The predicted molar refractivity (Wildman–Crippen MR) is 18.4 cm³/mol. The summed E-state index contributed by atoms with van der Waals surface area (Å²) in [6.45, 7) is 0. The van der Waals surface area contributed by atoms with Crippen LogP contribution in [0, 0.1) is 0 Å². The van der Waals surface area contributed by atoms with E-state index in [1.54, 1.807) is 0 Å². The Labute approximate surface area is 72.7 Å². The van der Waals surface area contributed by atoms with Gasteiger partial charge >= 0.3 is 7.69 Å². The molecule has 2 radical (unpaired) electrons. The molecular formula is H3BFKO2. The van der Waals surface area contributed by atoms with Crippen LogP contribution in [0.15, 0.2) is 0 Å². The van der Waals surface area contributed by atoms with Crippen molar-refractivity contribution in [3.05, 3.63) is 0 Å². The zero-order valence-corrected chi connectivity index (χ0v) is 6.00. The summed E-state index contributed by atoms with van der Waals surface area (Å²) in [6.07, 6.45) is 0. The van der Waals surface area contributed by atoms with E-state index in [0.717, 1.165) is 0 Å². The van der Waals surface area contributed by atoms with Gasteiger partial charge in [0, 0.05) is 51.4 Å². The van der Waals surface area contributed by atoms with Crippen molar-refractivity contribution in [2.24, 2.45) is 0 Å². The van der Waals surface area contributed by atoms with E-state index in [0.29, 0.717) is 0 Å². The van der Waals surface area contributed by atoms with Crippen LogP contribution >= 0.6 is 0 Å². The second kappa shape index (κ2) is 17.7. The van der Waals surface area contributed by atoms with Gasteiger partial charge in [-0.3, -0.25) is 4.70 Å². The van der Waals surface area contributed by atoms with Crippen molar-refractivity contribution in [1.82, 2.24) is 0 Å². The molecular weight excluding hydrogens is 101 g/mol. The normalized spacial score (nSPS) is 2.80. The molecule has 26 valence electrons. The Morgan fingerprint density at radius 2 is 1.20 bits per heavy atom. The first-order valence-electron chi connectivity index (χ1n) is 0.516. The Bertz CT molecular complexity index is 9.61. The van der Waals surface area contributed by atoms with Gasteiger partial charge in [0.2, 0.25) is 0 Å². The molecule has 2 N–H and O–H groups in total. The van der Waals surface area contributed by atoms with Gasteiger partial charge in [-0.2, -0.15) is 0 Å². The fourth-order valence-electron chi connectivity index (χ4n) is 0. The third-order valence-corrected chi connectivity index (χ3v) is 0. The largest absolute Gasteiger partial charge is 0.482 e. The van der Waals surface area contributed by atoms with E-state index in [9.17, 15) is 0 Å². The van der Waals surface area contributed by atoms with Crippen LogP contribution in [0.2, 0.25) is 0 Å². The number of rotatable bonds is 0. The van der Waals surface area contributed by atoms with Gasteiger partial charge in [0.05, 0.1) is 0 Å². The molecule has 0 amide bonds. The minimum Gasteiger partial charge on any atom is -0.429 e. The Balaban J connectivity index is -0.0000000200. The van der Waals surface area contributed by atoms with E-state index in [4.69, 9.17) is 10.0 Å². The summed E-state index contributed by atoms with van der Waals surface area (Å²) >= 11 is 0. The SMILES string of the molecule is F.O[B]O.[K]. The quantitative estimate of drug-likeness (QED) is 0.359. The molecule has 0 saturated carbocycles. The summed E-state index contributed by atoms with van der Waals surface area (Å²) < 4.78 is 0. The Hall–Kier alpha value is 1.55. The van der Waals surface area contributed by atoms with E-state index < -0.39 is 0 Å². The molecule has 0 fully saturated rings. The second-order valence-corrected chi connectivity index (χ2v) is 0.115. The van der Waals surface area contributed by atoms with Gasteiger partial charge < -0.3 is 10.0 Å². The first kappa shape index (κ1) is 16.0. The van der Waals surface area contributed by atoms with Crippen molar-refractivity contribution in [1.29, 1.82) is 0 Å². The minimum atomic E-state index is 0. The first-order valence-corrected chi connectivity index (χ1v) is 0.516. The molecule has 2 nitrogen and oxygen atoms in total. The summed E-state index contributed by atoms with van der Waals surface area (Å²) in [5.74, 6) is 0. The molecule has 5 heavy (non-hydrogen) atoms. The molecule has 5 heteroatoms. The van der Waals surface area contributed by atoms with Crippen LogP contribution in [-0.4, -0.2) is 69.1 Å². The standard InChI is InChI=1S/BH2O2.FH.K/c2-1-3;;/h2-3H;1H;. The monoisotopic (exact) mass is 104 g/mol. The molecule has 0 aromatic rings. The van der Waals surface area contributed by atoms with Crippen LogP contribution in [0.5, 0.6) is 0 Å². The molecule has 0 aromatic carbocycles. The van der Waals surface area contributed by atoms with Gasteiger partial charge in [-0.05, 0) is 0 Å². The molecule has 0 bridgehead atoms. The summed E-state index contributed by atoms with van der Waals surface area (Å²) in [4.78, 5) is 0. The Morgan fingerprint density at radius 1 is 1.20 bits per heavy atom. The number of hydrogen-bond donors (Lipinski definition) is 2. The average molecular weight is 104 g/mol. The summed E-state index contributed by atoms with van der Waals surface area (Å²) in [6, 6.07) is 0. The van der Waals surface area contributed by atoms with E-state index in [-0.39, 0.29) is 63.8 Å². The van der Waals surface area contributed by atoms with Gasteiger partial charge in [-0.15, -0.1) is 0 Å². The zero-order chi connectivity index (χ0) is 2.71. The van der Waals surface area contributed by atoms with Crippen LogP contribution in [0.4, 0.5) is 4.70 Å². The van der Waals surface area contributed by atoms with Crippen LogP contribution < -0.4 is 0 Å².